The number of amides is 3. The van der Waals surface area contributed by atoms with Gasteiger partial charge in [-0.1, -0.05) is 71.7 Å². The normalized spacial score (nSPS) is 21.0. The molecule has 1 aliphatic heterocycles. The molecule has 44 heavy (non-hydrogen) atoms. The zero-order valence-electron chi connectivity index (χ0n) is 22.7. The Kier molecular flexibility index (Phi) is 6.60. The summed E-state index contributed by atoms with van der Waals surface area (Å²) in [7, 11) is 0. The summed E-state index contributed by atoms with van der Waals surface area (Å²) in [5.74, 6) is -5.07. The first-order valence-corrected chi connectivity index (χ1v) is 14.5. The largest absolute Gasteiger partial charge is 0.292 e. The lowest BCUT2D eigenvalue weighted by Gasteiger charge is -2.45. The number of hydrogen-bond acceptors (Lipinski definition) is 6. The summed E-state index contributed by atoms with van der Waals surface area (Å²) >= 11 is 12.4. The fourth-order valence-electron chi connectivity index (χ4n) is 6.93. The van der Waals surface area contributed by atoms with E-state index in [2.05, 4.69) is 0 Å². The number of hydrazine groups is 1. The molecule has 8 rings (SSSR count). The van der Waals surface area contributed by atoms with E-state index >= 15 is 0 Å². The third-order valence-corrected chi connectivity index (χ3v) is 9.30. The van der Waals surface area contributed by atoms with Crippen LogP contribution in [0, 0.1) is 22.0 Å². The van der Waals surface area contributed by atoms with Gasteiger partial charge in [-0.05, 0) is 52.6 Å². The van der Waals surface area contributed by atoms with Crippen molar-refractivity contribution in [2.45, 2.75) is 11.8 Å². The minimum absolute atomic E-state index is 0.0216. The van der Waals surface area contributed by atoms with E-state index in [-0.39, 0.29) is 26.9 Å². The molecule has 3 amide bonds. The molecule has 0 radical (unpaired) electrons. The number of ketones is 1. The number of imide groups is 1. The van der Waals surface area contributed by atoms with Crippen molar-refractivity contribution in [3.05, 3.63) is 145 Å². The summed E-state index contributed by atoms with van der Waals surface area (Å²) in [6.45, 7) is -0.693. The predicted molar refractivity (Wildman–Crippen MR) is 160 cm³/mol. The van der Waals surface area contributed by atoms with Crippen molar-refractivity contribution in [1.82, 2.24) is 10.0 Å². The first-order valence-electron chi connectivity index (χ1n) is 13.8. The molecule has 9 nitrogen and oxygen atoms in total. The molecule has 11 heteroatoms. The van der Waals surface area contributed by atoms with Gasteiger partial charge in [0.2, 0.25) is 0 Å². The zero-order valence-corrected chi connectivity index (χ0v) is 24.2. The lowest BCUT2D eigenvalue weighted by atomic mass is 9.55. The van der Waals surface area contributed by atoms with E-state index in [1.165, 1.54) is 42.5 Å². The minimum Gasteiger partial charge on any atom is -0.292 e. The smallest absolute Gasteiger partial charge is 0.274 e. The number of hydrogen-bond donors (Lipinski definition) is 0. The molecule has 4 aliphatic rings. The summed E-state index contributed by atoms with van der Waals surface area (Å²) in [5, 5.41) is 13.0. The van der Waals surface area contributed by atoms with Crippen molar-refractivity contribution in [2.24, 2.45) is 11.8 Å². The average molecular weight is 626 g/mol. The first kappa shape index (κ1) is 27.9. The topological polar surface area (TPSA) is 118 Å². The maximum Gasteiger partial charge on any atom is 0.274 e. The molecule has 0 saturated carbocycles. The van der Waals surface area contributed by atoms with Crippen LogP contribution in [0.4, 0.5) is 5.69 Å². The Hall–Kier alpha value is -4.86. The predicted octanol–water partition coefficient (Wildman–Crippen LogP) is 6.03. The van der Waals surface area contributed by atoms with Crippen LogP contribution < -0.4 is 0 Å². The van der Waals surface area contributed by atoms with E-state index in [9.17, 15) is 29.3 Å². The molecule has 0 aromatic heterocycles. The van der Waals surface area contributed by atoms with Crippen LogP contribution in [0.25, 0.3) is 0 Å². The van der Waals surface area contributed by atoms with Crippen molar-refractivity contribution in [1.29, 1.82) is 0 Å². The van der Waals surface area contributed by atoms with Gasteiger partial charge in [-0.2, -0.15) is 5.01 Å². The Morgan fingerprint density at radius 2 is 1.27 bits per heavy atom. The highest BCUT2D eigenvalue weighted by atomic mass is 35.5. The van der Waals surface area contributed by atoms with Crippen LogP contribution in [-0.4, -0.2) is 45.0 Å². The molecule has 1 heterocycles. The van der Waals surface area contributed by atoms with Gasteiger partial charge in [0.15, 0.2) is 5.78 Å². The fraction of sp³-hybridized carbons (Fsp3) is 0.152. The second-order valence-corrected chi connectivity index (χ2v) is 11.8. The van der Waals surface area contributed by atoms with Crippen LogP contribution >= 0.6 is 23.2 Å². The molecule has 218 valence electrons. The van der Waals surface area contributed by atoms with Crippen LogP contribution in [0.1, 0.15) is 54.8 Å². The van der Waals surface area contributed by atoms with Gasteiger partial charge < -0.3 is 0 Å². The summed E-state index contributed by atoms with van der Waals surface area (Å²) in [4.78, 5) is 66.9. The van der Waals surface area contributed by atoms with Gasteiger partial charge >= 0.3 is 0 Å². The highest BCUT2D eigenvalue weighted by Gasteiger charge is 2.63. The molecular weight excluding hydrogens is 605 g/mol. The number of nitrogens with zero attached hydrogens (tertiary/aromatic N) is 3. The number of nitro benzene ring substituents is 1. The minimum atomic E-state index is -0.843. The Morgan fingerprint density at radius 1 is 0.773 bits per heavy atom. The molecule has 3 aliphatic carbocycles. The number of rotatable bonds is 6. The molecule has 1 fully saturated rings. The van der Waals surface area contributed by atoms with Crippen molar-refractivity contribution in [3.63, 3.8) is 0 Å². The Labute approximate surface area is 260 Å². The quantitative estimate of drug-likeness (QED) is 0.112. The SMILES string of the molecule is O=C(CN(C(=O)c1ccc(Cl)cc1Cl)N1C(=O)[C@@H]2C3c4ccccc4C(c4ccccc43)[C@@H]2C1=O)c1ccc([N+](=O)[O-])cc1. The summed E-state index contributed by atoms with van der Waals surface area (Å²) < 4.78 is 0. The molecule has 4 aromatic rings. The van der Waals surface area contributed by atoms with Crippen molar-refractivity contribution in [2.75, 3.05) is 6.54 Å². The first-order chi connectivity index (χ1) is 21.2. The molecule has 2 atom stereocenters. The molecule has 0 N–H and O–H groups in total. The highest BCUT2D eigenvalue weighted by molar-refractivity contribution is 6.36. The van der Waals surface area contributed by atoms with E-state index in [4.69, 9.17) is 23.2 Å². The average Bonchev–Trinajstić information content (AvgIpc) is 3.29. The van der Waals surface area contributed by atoms with Crippen LogP contribution in [0.3, 0.4) is 0 Å². The third-order valence-electron chi connectivity index (χ3n) is 8.76. The van der Waals surface area contributed by atoms with Gasteiger partial charge in [0.1, 0.15) is 6.54 Å². The summed E-state index contributed by atoms with van der Waals surface area (Å²) in [6, 6.07) is 24.5. The fourth-order valence-corrected chi connectivity index (χ4v) is 7.42. The molecule has 4 aromatic carbocycles. The Balaban J connectivity index is 1.32. The zero-order chi connectivity index (χ0) is 30.9. The van der Waals surface area contributed by atoms with E-state index < -0.39 is 58.6 Å². The molecule has 0 unspecified atom stereocenters. The van der Waals surface area contributed by atoms with E-state index in [0.29, 0.717) is 0 Å². The summed E-state index contributed by atoms with van der Waals surface area (Å²) in [5.41, 5.74) is 3.62. The third kappa shape index (κ3) is 4.15. The second kappa shape index (κ2) is 10.4. The van der Waals surface area contributed by atoms with E-state index in [1.807, 2.05) is 48.5 Å². The lowest BCUT2D eigenvalue weighted by molar-refractivity contribution is -0.384. The maximum atomic E-state index is 14.4. The van der Waals surface area contributed by atoms with Crippen LogP contribution in [0.5, 0.6) is 0 Å². The van der Waals surface area contributed by atoms with Gasteiger partial charge in [0, 0.05) is 34.6 Å². The number of carbonyl (C=O) groups excluding carboxylic acids is 4. The standard InChI is InChI=1S/C33H21Cl2N3O6/c34-18-11-14-24(25(35)15-18)31(40)36(16-26(39)17-9-12-19(13-10-17)38(43)44)37-32(41)29-27-20-5-1-2-6-21(20)28(30(29)33(37)42)23-8-4-3-7-22(23)27/h1-15,27-30H,16H2/t27?,28?,29-,30+. The molecular formula is C33H21Cl2N3O6. The molecule has 0 spiro atoms. The van der Waals surface area contributed by atoms with Crippen molar-refractivity contribution < 1.29 is 24.1 Å². The highest BCUT2D eigenvalue weighted by Crippen LogP contribution is 2.61. The van der Waals surface area contributed by atoms with Crippen molar-refractivity contribution in [3.8, 4) is 0 Å². The number of non-ortho nitro benzene ring substituents is 1. The maximum absolute atomic E-state index is 14.4. The number of carbonyl (C=O) groups is 4. The monoisotopic (exact) mass is 625 g/mol. The van der Waals surface area contributed by atoms with Crippen LogP contribution in [-0.2, 0) is 9.59 Å². The number of nitro groups is 1. The second-order valence-electron chi connectivity index (χ2n) is 11.0. The number of Topliss-reactive ketones (excluding diaryl/α,β-unsaturated/α-hetero) is 1. The Bertz CT molecular complexity index is 1810. The Morgan fingerprint density at radius 3 is 1.73 bits per heavy atom. The lowest BCUT2D eigenvalue weighted by Crippen LogP contribution is -2.52. The molecule has 1 saturated heterocycles. The van der Waals surface area contributed by atoms with E-state index in [0.717, 1.165) is 32.3 Å². The summed E-state index contributed by atoms with van der Waals surface area (Å²) in [6.07, 6.45) is 0. The van der Waals surface area contributed by atoms with Crippen LogP contribution in [0.15, 0.2) is 91.0 Å². The van der Waals surface area contributed by atoms with E-state index in [1.54, 1.807) is 0 Å². The van der Waals surface area contributed by atoms with Crippen LogP contribution in [0.2, 0.25) is 10.0 Å². The number of halogens is 2. The van der Waals surface area contributed by atoms with Gasteiger partial charge in [-0.25, -0.2) is 5.01 Å². The number of benzene rings is 4. The van der Waals surface area contributed by atoms with Crippen molar-refractivity contribution >= 4 is 52.4 Å². The van der Waals surface area contributed by atoms with Gasteiger partial charge in [-0.15, -0.1) is 0 Å². The van der Waals surface area contributed by atoms with Gasteiger partial charge in [0.25, 0.3) is 23.4 Å². The molecule has 2 bridgehead atoms. The van der Waals surface area contributed by atoms with Gasteiger partial charge in [-0.3, -0.25) is 29.3 Å². The van der Waals surface area contributed by atoms with Gasteiger partial charge in [0.05, 0.1) is 27.3 Å².